The van der Waals surface area contributed by atoms with Gasteiger partial charge in [-0.15, -0.1) is 0 Å². The molecule has 0 fully saturated rings. The highest BCUT2D eigenvalue weighted by molar-refractivity contribution is 9.10. The SMILES string of the molecule is CCc1cc(Br)cc(C)c1NC(=O)COc1ccc(S(=O)(=O)Nc2ccc(Cl)cc2)cc1. The smallest absolute Gasteiger partial charge is 0.262 e. The minimum atomic E-state index is -3.76. The zero-order chi connectivity index (χ0) is 23.3. The molecule has 3 aromatic carbocycles. The van der Waals surface area contributed by atoms with Gasteiger partial charge in [-0.3, -0.25) is 9.52 Å². The average Bonchev–Trinajstić information content (AvgIpc) is 2.75. The number of hydrogen-bond acceptors (Lipinski definition) is 4. The Hall–Kier alpha value is -2.55. The maximum atomic E-state index is 12.5. The van der Waals surface area contributed by atoms with Crippen molar-refractivity contribution in [3.8, 4) is 5.75 Å². The van der Waals surface area contributed by atoms with Crippen LogP contribution in [0.25, 0.3) is 0 Å². The molecular formula is C23H22BrClN2O4S. The van der Waals surface area contributed by atoms with E-state index in [9.17, 15) is 13.2 Å². The molecule has 0 saturated heterocycles. The van der Waals surface area contributed by atoms with Gasteiger partial charge < -0.3 is 10.1 Å². The zero-order valence-corrected chi connectivity index (χ0v) is 20.6. The molecule has 0 aliphatic rings. The van der Waals surface area contributed by atoms with Gasteiger partial charge in [-0.25, -0.2) is 8.42 Å². The number of ether oxygens (including phenoxy) is 1. The molecule has 0 aliphatic heterocycles. The van der Waals surface area contributed by atoms with Crippen molar-refractivity contribution in [2.75, 3.05) is 16.6 Å². The van der Waals surface area contributed by atoms with Crippen LogP contribution in [0.1, 0.15) is 18.1 Å². The zero-order valence-electron chi connectivity index (χ0n) is 17.5. The van der Waals surface area contributed by atoms with E-state index in [4.69, 9.17) is 16.3 Å². The number of hydrogen-bond donors (Lipinski definition) is 2. The van der Waals surface area contributed by atoms with Gasteiger partial charge in [-0.2, -0.15) is 0 Å². The van der Waals surface area contributed by atoms with Crippen LogP contribution in [0.3, 0.4) is 0 Å². The van der Waals surface area contributed by atoms with Crippen LogP contribution >= 0.6 is 27.5 Å². The number of rotatable bonds is 8. The molecule has 0 bridgehead atoms. The van der Waals surface area contributed by atoms with E-state index in [0.29, 0.717) is 16.5 Å². The second kappa shape index (κ2) is 10.4. The highest BCUT2D eigenvalue weighted by Crippen LogP contribution is 2.26. The molecule has 168 valence electrons. The normalized spacial score (nSPS) is 11.1. The topological polar surface area (TPSA) is 84.5 Å². The molecule has 3 rings (SSSR count). The van der Waals surface area contributed by atoms with E-state index in [1.54, 1.807) is 24.3 Å². The van der Waals surface area contributed by atoms with Crippen molar-refractivity contribution < 1.29 is 17.9 Å². The maximum Gasteiger partial charge on any atom is 0.262 e. The van der Waals surface area contributed by atoms with Crippen LogP contribution in [0.5, 0.6) is 5.75 Å². The third-order valence-corrected chi connectivity index (χ3v) is 6.73. The molecule has 3 aromatic rings. The van der Waals surface area contributed by atoms with E-state index in [2.05, 4.69) is 26.0 Å². The first kappa shape index (κ1) is 24.1. The molecule has 0 radical (unpaired) electrons. The number of carbonyl (C=O) groups is 1. The number of aryl methyl sites for hydroxylation is 2. The van der Waals surface area contributed by atoms with Crippen molar-refractivity contribution in [1.29, 1.82) is 0 Å². The van der Waals surface area contributed by atoms with Crippen LogP contribution in [0, 0.1) is 6.92 Å². The van der Waals surface area contributed by atoms with E-state index < -0.39 is 10.0 Å². The highest BCUT2D eigenvalue weighted by atomic mass is 79.9. The van der Waals surface area contributed by atoms with Crippen molar-refractivity contribution in [2.45, 2.75) is 25.2 Å². The fourth-order valence-electron chi connectivity index (χ4n) is 3.04. The van der Waals surface area contributed by atoms with Gasteiger partial charge in [0.2, 0.25) is 0 Å². The molecule has 0 heterocycles. The first-order chi connectivity index (χ1) is 15.2. The number of anilines is 2. The lowest BCUT2D eigenvalue weighted by Crippen LogP contribution is -2.21. The van der Waals surface area contributed by atoms with Gasteiger partial charge in [-0.1, -0.05) is 34.5 Å². The van der Waals surface area contributed by atoms with Crippen molar-refractivity contribution in [3.63, 3.8) is 0 Å². The third-order valence-electron chi connectivity index (χ3n) is 4.63. The lowest BCUT2D eigenvalue weighted by molar-refractivity contribution is -0.118. The van der Waals surface area contributed by atoms with Crippen LogP contribution in [-0.4, -0.2) is 20.9 Å². The lowest BCUT2D eigenvalue weighted by Gasteiger charge is -2.14. The summed E-state index contributed by atoms with van der Waals surface area (Å²) in [6.07, 6.45) is 0.775. The van der Waals surface area contributed by atoms with Crippen LogP contribution in [0.15, 0.2) is 70.0 Å². The number of benzene rings is 3. The molecule has 9 heteroatoms. The summed E-state index contributed by atoms with van der Waals surface area (Å²) < 4.78 is 34.0. The molecule has 6 nitrogen and oxygen atoms in total. The summed E-state index contributed by atoms with van der Waals surface area (Å²) in [7, 11) is -3.76. The Balaban J connectivity index is 1.61. The molecule has 32 heavy (non-hydrogen) atoms. The van der Waals surface area contributed by atoms with E-state index >= 15 is 0 Å². The minimum Gasteiger partial charge on any atom is -0.484 e. The molecule has 0 aromatic heterocycles. The van der Waals surface area contributed by atoms with Crippen molar-refractivity contribution in [1.82, 2.24) is 0 Å². The summed E-state index contributed by atoms with van der Waals surface area (Å²) in [5.41, 5.74) is 3.15. The van der Waals surface area contributed by atoms with Crippen LogP contribution in [0.2, 0.25) is 5.02 Å². The molecule has 0 atom stereocenters. The molecule has 0 unspecified atom stereocenters. The van der Waals surface area contributed by atoms with Crippen LogP contribution in [0.4, 0.5) is 11.4 Å². The molecule has 0 aliphatic carbocycles. The molecule has 2 N–H and O–H groups in total. The second-order valence-electron chi connectivity index (χ2n) is 7.03. The predicted molar refractivity (Wildman–Crippen MR) is 131 cm³/mol. The van der Waals surface area contributed by atoms with Crippen LogP contribution < -0.4 is 14.8 Å². The van der Waals surface area contributed by atoms with E-state index in [-0.39, 0.29) is 17.4 Å². The quantitative estimate of drug-likeness (QED) is 0.381. The van der Waals surface area contributed by atoms with Gasteiger partial charge >= 0.3 is 0 Å². The predicted octanol–water partition coefficient (Wildman–Crippen LogP) is 5.79. The maximum absolute atomic E-state index is 12.5. The molecule has 1 amide bonds. The van der Waals surface area contributed by atoms with Gasteiger partial charge in [0.25, 0.3) is 15.9 Å². The monoisotopic (exact) mass is 536 g/mol. The van der Waals surface area contributed by atoms with Gasteiger partial charge in [0.15, 0.2) is 6.61 Å². The highest BCUT2D eigenvalue weighted by Gasteiger charge is 2.15. The van der Waals surface area contributed by atoms with Gasteiger partial charge in [0.1, 0.15) is 5.75 Å². The standard InChI is InChI=1S/C23H22BrClN2O4S/c1-3-16-13-17(24)12-15(2)23(16)26-22(28)14-31-20-8-10-21(11-9-20)32(29,30)27-19-6-4-18(25)5-7-19/h4-13,27H,3,14H2,1-2H3,(H,26,28). The van der Waals surface area contributed by atoms with Crippen molar-refractivity contribution in [2.24, 2.45) is 0 Å². The van der Waals surface area contributed by atoms with Gasteiger partial charge in [-0.05, 0) is 85.1 Å². The Morgan fingerprint density at radius 1 is 1.06 bits per heavy atom. The summed E-state index contributed by atoms with van der Waals surface area (Å²) in [4.78, 5) is 12.5. The summed E-state index contributed by atoms with van der Waals surface area (Å²) in [5.74, 6) is 0.0834. The first-order valence-electron chi connectivity index (χ1n) is 9.78. The third kappa shape index (κ3) is 6.25. The molecule has 0 spiro atoms. The van der Waals surface area contributed by atoms with E-state index in [1.807, 2.05) is 26.0 Å². The minimum absolute atomic E-state index is 0.0716. The lowest BCUT2D eigenvalue weighted by atomic mass is 10.1. The second-order valence-corrected chi connectivity index (χ2v) is 10.1. The Kier molecular flexibility index (Phi) is 7.82. The number of nitrogens with one attached hydrogen (secondary N) is 2. The fourth-order valence-corrected chi connectivity index (χ4v) is 4.85. The number of halogens is 2. The van der Waals surface area contributed by atoms with Crippen molar-refractivity contribution in [3.05, 3.63) is 81.3 Å². The van der Waals surface area contributed by atoms with Gasteiger partial charge in [0, 0.05) is 20.9 Å². The van der Waals surface area contributed by atoms with E-state index in [0.717, 1.165) is 27.7 Å². The number of carbonyl (C=O) groups excluding carboxylic acids is 1. The van der Waals surface area contributed by atoms with Gasteiger partial charge in [0.05, 0.1) is 4.90 Å². The first-order valence-corrected chi connectivity index (χ1v) is 12.4. The summed E-state index contributed by atoms with van der Waals surface area (Å²) in [5, 5.41) is 3.41. The van der Waals surface area contributed by atoms with Crippen LogP contribution in [-0.2, 0) is 21.2 Å². The Bertz CT molecular complexity index is 1210. The molecule has 0 saturated carbocycles. The fraction of sp³-hybridized carbons (Fsp3) is 0.174. The largest absolute Gasteiger partial charge is 0.484 e. The van der Waals surface area contributed by atoms with Crippen molar-refractivity contribution >= 4 is 54.8 Å². The number of amides is 1. The summed E-state index contributed by atoms with van der Waals surface area (Å²) >= 11 is 9.29. The average molecular weight is 538 g/mol. The Labute approximate surface area is 201 Å². The Morgan fingerprint density at radius 2 is 1.72 bits per heavy atom. The van der Waals surface area contributed by atoms with E-state index in [1.165, 1.54) is 24.3 Å². The summed E-state index contributed by atoms with van der Waals surface area (Å²) in [6, 6.07) is 16.1. The molecular weight excluding hydrogens is 516 g/mol. The summed E-state index contributed by atoms with van der Waals surface area (Å²) in [6.45, 7) is 3.75. The Morgan fingerprint density at radius 3 is 2.34 bits per heavy atom. The number of sulfonamides is 1.